The Bertz CT molecular complexity index is 637. The van der Waals surface area contributed by atoms with Crippen LogP contribution in [0.4, 0.5) is 0 Å². The molecule has 0 aromatic carbocycles. The van der Waals surface area contributed by atoms with Crippen LogP contribution >= 0.6 is 0 Å². The van der Waals surface area contributed by atoms with Crippen LogP contribution in [0.3, 0.4) is 0 Å². The molecule has 112 valence electrons. The number of carbonyl (C=O) groups excluding carboxylic acids is 1. The Labute approximate surface area is 122 Å². The van der Waals surface area contributed by atoms with Crippen LogP contribution in [0.1, 0.15) is 41.6 Å². The molecule has 0 spiro atoms. The summed E-state index contributed by atoms with van der Waals surface area (Å²) in [6.07, 6.45) is 0. The van der Waals surface area contributed by atoms with E-state index in [0.717, 1.165) is 11.4 Å². The molecule has 0 bridgehead atoms. The van der Waals surface area contributed by atoms with Gasteiger partial charge < -0.3 is 9.47 Å². The van der Waals surface area contributed by atoms with Gasteiger partial charge in [-0.05, 0) is 12.0 Å². The molecule has 0 radical (unpaired) electrons. The molecule has 0 N–H and O–H groups in total. The third-order valence-electron chi connectivity index (χ3n) is 3.00. The molecule has 2 aromatic heterocycles. The lowest BCUT2D eigenvalue weighted by Crippen LogP contribution is -2.12. The van der Waals surface area contributed by atoms with Gasteiger partial charge in [-0.3, -0.25) is 0 Å². The first-order valence-corrected chi connectivity index (χ1v) is 6.58. The standard InChI is InChI=1S/C14H18N4O3/c1-9(2)13-12(14(19)21-4)16-17-18(13)8-10-6-5-7-11(15-10)20-3/h5-7,9H,8H2,1-4H3. The van der Waals surface area contributed by atoms with Crippen molar-refractivity contribution in [2.45, 2.75) is 26.3 Å². The zero-order valence-corrected chi connectivity index (χ0v) is 12.5. The van der Waals surface area contributed by atoms with Gasteiger partial charge in [0.1, 0.15) is 0 Å². The van der Waals surface area contributed by atoms with Gasteiger partial charge in [0.2, 0.25) is 5.88 Å². The van der Waals surface area contributed by atoms with Crippen LogP contribution in [0.5, 0.6) is 5.88 Å². The number of carbonyl (C=O) groups is 1. The largest absolute Gasteiger partial charge is 0.481 e. The first-order valence-electron chi connectivity index (χ1n) is 6.58. The summed E-state index contributed by atoms with van der Waals surface area (Å²) in [6, 6.07) is 5.49. The molecular formula is C14H18N4O3. The van der Waals surface area contributed by atoms with Crippen molar-refractivity contribution in [3.63, 3.8) is 0 Å². The number of hydrogen-bond donors (Lipinski definition) is 0. The van der Waals surface area contributed by atoms with Gasteiger partial charge in [0, 0.05) is 6.07 Å². The molecule has 2 aromatic rings. The predicted octanol–water partition coefficient (Wildman–Crippen LogP) is 1.64. The Kier molecular flexibility index (Phi) is 4.52. The number of esters is 1. The molecule has 0 aliphatic carbocycles. The average molecular weight is 290 g/mol. The van der Waals surface area contributed by atoms with Crippen LogP contribution in [0.2, 0.25) is 0 Å². The molecule has 7 heteroatoms. The summed E-state index contributed by atoms with van der Waals surface area (Å²) in [4.78, 5) is 16.1. The lowest BCUT2D eigenvalue weighted by atomic mass is 10.1. The van der Waals surface area contributed by atoms with E-state index in [-0.39, 0.29) is 11.6 Å². The van der Waals surface area contributed by atoms with E-state index in [4.69, 9.17) is 9.47 Å². The van der Waals surface area contributed by atoms with E-state index < -0.39 is 5.97 Å². The average Bonchev–Trinajstić information content (AvgIpc) is 2.90. The normalized spacial score (nSPS) is 10.7. The van der Waals surface area contributed by atoms with Gasteiger partial charge in [0.15, 0.2) is 5.69 Å². The lowest BCUT2D eigenvalue weighted by molar-refractivity contribution is 0.0592. The maximum atomic E-state index is 11.7. The summed E-state index contributed by atoms with van der Waals surface area (Å²) >= 11 is 0. The number of nitrogens with zero attached hydrogens (tertiary/aromatic N) is 4. The van der Waals surface area contributed by atoms with Crippen LogP contribution in [0, 0.1) is 0 Å². The predicted molar refractivity (Wildman–Crippen MR) is 75.3 cm³/mol. The number of ether oxygens (including phenoxy) is 2. The van der Waals surface area contributed by atoms with Crippen molar-refractivity contribution in [1.82, 2.24) is 20.0 Å². The third kappa shape index (κ3) is 3.18. The topological polar surface area (TPSA) is 79.1 Å². The highest BCUT2D eigenvalue weighted by Gasteiger charge is 2.22. The van der Waals surface area contributed by atoms with Gasteiger partial charge in [0.25, 0.3) is 0 Å². The lowest BCUT2D eigenvalue weighted by Gasteiger charge is -2.10. The highest BCUT2D eigenvalue weighted by atomic mass is 16.5. The van der Waals surface area contributed by atoms with Gasteiger partial charge >= 0.3 is 5.97 Å². The first kappa shape index (κ1) is 15.0. The third-order valence-corrected chi connectivity index (χ3v) is 3.00. The Balaban J connectivity index is 2.35. The minimum Gasteiger partial charge on any atom is -0.481 e. The quantitative estimate of drug-likeness (QED) is 0.779. The Morgan fingerprint density at radius 3 is 2.71 bits per heavy atom. The van der Waals surface area contributed by atoms with E-state index in [9.17, 15) is 4.79 Å². The molecule has 0 unspecified atom stereocenters. The number of methoxy groups -OCH3 is 2. The van der Waals surface area contributed by atoms with E-state index in [0.29, 0.717) is 12.4 Å². The van der Waals surface area contributed by atoms with E-state index in [1.807, 2.05) is 26.0 Å². The van der Waals surface area contributed by atoms with Crippen molar-refractivity contribution in [1.29, 1.82) is 0 Å². The minimum absolute atomic E-state index is 0.0831. The summed E-state index contributed by atoms with van der Waals surface area (Å²) in [5, 5.41) is 7.97. The molecule has 0 aliphatic rings. The van der Waals surface area contributed by atoms with Crippen molar-refractivity contribution < 1.29 is 14.3 Å². The molecule has 2 rings (SSSR count). The minimum atomic E-state index is -0.483. The Morgan fingerprint density at radius 2 is 2.10 bits per heavy atom. The Morgan fingerprint density at radius 1 is 1.33 bits per heavy atom. The zero-order chi connectivity index (χ0) is 15.4. The zero-order valence-electron chi connectivity index (χ0n) is 12.5. The van der Waals surface area contributed by atoms with Crippen molar-refractivity contribution in [3.8, 4) is 5.88 Å². The van der Waals surface area contributed by atoms with E-state index in [2.05, 4.69) is 15.3 Å². The maximum Gasteiger partial charge on any atom is 0.360 e. The van der Waals surface area contributed by atoms with Crippen molar-refractivity contribution in [2.24, 2.45) is 0 Å². The smallest absolute Gasteiger partial charge is 0.360 e. The molecular weight excluding hydrogens is 272 g/mol. The SMILES string of the molecule is COC(=O)c1nnn(Cc2cccc(OC)n2)c1C(C)C. The van der Waals surface area contributed by atoms with Gasteiger partial charge in [0.05, 0.1) is 32.2 Å². The van der Waals surface area contributed by atoms with Crippen molar-refractivity contribution in [3.05, 3.63) is 35.3 Å². The molecule has 0 atom stereocenters. The van der Waals surface area contributed by atoms with Gasteiger partial charge in [-0.2, -0.15) is 0 Å². The summed E-state index contributed by atoms with van der Waals surface area (Å²) in [6.45, 7) is 4.36. The fraction of sp³-hybridized carbons (Fsp3) is 0.429. The summed E-state index contributed by atoms with van der Waals surface area (Å²) in [5.41, 5.74) is 1.75. The van der Waals surface area contributed by atoms with Crippen LogP contribution in [-0.4, -0.2) is 40.2 Å². The van der Waals surface area contributed by atoms with Crippen LogP contribution < -0.4 is 4.74 Å². The van der Waals surface area contributed by atoms with E-state index in [1.165, 1.54) is 7.11 Å². The van der Waals surface area contributed by atoms with Crippen LogP contribution in [0.15, 0.2) is 18.2 Å². The van der Waals surface area contributed by atoms with E-state index >= 15 is 0 Å². The van der Waals surface area contributed by atoms with Gasteiger partial charge in [-0.1, -0.05) is 25.1 Å². The molecule has 21 heavy (non-hydrogen) atoms. The summed E-state index contributed by atoms with van der Waals surface area (Å²) in [7, 11) is 2.89. The molecule has 0 saturated heterocycles. The second-order valence-corrected chi connectivity index (χ2v) is 4.80. The van der Waals surface area contributed by atoms with Crippen LogP contribution in [0.25, 0.3) is 0 Å². The molecule has 0 fully saturated rings. The maximum absolute atomic E-state index is 11.7. The molecule has 2 heterocycles. The molecule has 7 nitrogen and oxygen atoms in total. The second kappa shape index (κ2) is 6.34. The second-order valence-electron chi connectivity index (χ2n) is 4.80. The number of hydrogen-bond acceptors (Lipinski definition) is 6. The molecule has 0 saturated carbocycles. The molecule has 0 aliphatic heterocycles. The number of aromatic nitrogens is 4. The fourth-order valence-corrected chi connectivity index (χ4v) is 2.06. The number of pyridine rings is 1. The first-order chi connectivity index (χ1) is 10.1. The fourth-order valence-electron chi connectivity index (χ4n) is 2.06. The summed E-state index contributed by atoms with van der Waals surface area (Å²) < 4.78 is 11.5. The highest BCUT2D eigenvalue weighted by molar-refractivity contribution is 5.88. The monoisotopic (exact) mass is 290 g/mol. The number of rotatable bonds is 5. The van der Waals surface area contributed by atoms with E-state index in [1.54, 1.807) is 17.9 Å². The summed E-state index contributed by atoms with van der Waals surface area (Å²) in [5.74, 6) is 0.134. The van der Waals surface area contributed by atoms with Gasteiger partial charge in [-0.25, -0.2) is 14.5 Å². The molecule has 0 amide bonds. The Hall–Kier alpha value is -2.44. The van der Waals surface area contributed by atoms with Crippen LogP contribution in [-0.2, 0) is 11.3 Å². The van der Waals surface area contributed by atoms with Gasteiger partial charge in [-0.15, -0.1) is 5.10 Å². The van der Waals surface area contributed by atoms with Crippen molar-refractivity contribution >= 4 is 5.97 Å². The highest BCUT2D eigenvalue weighted by Crippen LogP contribution is 2.19. The van der Waals surface area contributed by atoms with Crippen molar-refractivity contribution in [2.75, 3.05) is 14.2 Å².